The summed E-state index contributed by atoms with van der Waals surface area (Å²) in [6, 6.07) is 9.49. The molecule has 0 aliphatic carbocycles. The van der Waals surface area contributed by atoms with Crippen LogP contribution in [0.5, 0.6) is 0 Å². The van der Waals surface area contributed by atoms with E-state index in [1.54, 1.807) is 12.1 Å². The summed E-state index contributed by atoms with van der Waals surface area (Å²) >= 11 is 5.92. The summed E-state index contributed by atoms with van der Waals surface area (Å²) in [7, 11) is 1.35. The zero-order valence-corrected chi connectivity index (χ0v) is 17.2. The topological polar surface area (TPSA) is 88.1 Å². The van der Waals surface area contributed by atoms with E-state index in [0.717, 1.165) is 16.8 Å². The second-order valence-corrected chi connectivity index (χ2v) is 6.93. The number of urea groups is 1. The Hall–Kier alpha value is -3.60. The van der Waals surface area contributed by atoms with E-state index in [2.05, 4.69) is 21.0 Å². The molecule has 3 aromatic rings. The fourth-order valence-corrected chi connectivity index (χ4v) is 2.96. The van der Waals surface area contributed by atoms with Gasteiger partial charge in [-0.25, -0.2) is 13.9 Å². The van der Waals surface area contributed by atoms with Gasteiger partial charge in [-0.15, -0.1) is 0 Å². The number of carbonyl (C=O) groups is 2. The Morgan fingerprint density at radius 3 is 2.50 bits per heavy atom. The molecular formula is C20H16ClF4N5O2. The lowest BCUT2D eigenvalue weighted by atomic mass is 10.2. The predicted octanol–water partition coefficient (Wildman–Crippen LogP) is 4.36. The SMILES string of the molecule is CNC(=O)c1ccc(NC(=O)NCc2cc(C(F)(F)F)nn2-c2cccc(Cl)c2)cc1F. The molecule has 0 aliphatic heterocycles. The highest BCUT2D eigenvalue weighted by molar-refractivity contribution is 6.30. The van der Waals surface area contributed by atoms with Crippen molar-refractivity contribution >= 4 is 29.2 Å². The first-order chi connectivity index (χ1) is 15.1. The van der Waals surface area contributed by atoms with Gasteiger partial charge >= 0.3 is 12.2 Å². The van der Waals surface area contributed by atoms with Crippen molar-refractivity contribution in [3.63, 3.8) is 0 Å². The number of nitrogens with one attached hydrogen (secondary N) is 3. The van der Waals surface area contributed by atoms with Gasteiger partial charge in [-0.05, 0) is 42.5 Å². The molecule has 12 heteroatoms. The number of halogens is 5. The maximum absolute atomic E-state index is 14.0. The number of aromatic nitrogens is 2. The molecule has 0 radical (unpaired) electrons. The van der Waals surface area contributed by atoms with E-state index >= 15 is 0 Å². The fourth-order valence-electron chi connectivity index (χ4n) is 2.77. The van der Waals surface area contributed by atoms with Crippen LogP contribution in [0, 0.1) is 5.82 Å². The zero-order chi connectivity index (χ0) is 23.5. The van der Waals surface area contributed by atoms with Crippen molar-refractivity contribution in [2.24, 2.45) is 0 Å². The molecule has 3 rings (SSSR count). The average Bonchev–Trinajstić information content (AvgIpc) is 3.17. The van der Waals surface area contributed by atoms with Crippen LogP contribution in [0.25, 0.3) is 5.69 Å². The lowest BCUT2D eigenvalue weighted by molar-refractivity contribution is -0.141. The Kier molecular flexibility index (Phi) is 6.68. The van der Waals surface area contributed by atoms with E-state index in [-0.39, 0.29) is 29.2 Å². The molecule has 168 valence electrons. The van der Waals surface area contributed by atoms with Crippen LogP contribution in [0.3, 0.4) is 0 Å². The molecule has 3 amide bonds. The monoisotopic (exact) mass is 469 g/mol. The summed E-state index contributed by atoms with van der Waals surface area (Å²) < 4.78 is 54.5. The largest absolute Gasteiger partial charge is 0.435 e. The van der Waals surface area contributed by atoms with Crippen molar-refractivity contribution in [3.05, 3.63) is 76.3 Å². The van der Waals surface area contributed by atoms with Crippen LogP contribution in [-0.2, 0) is 12.7 Å². The van der Waals surface area contributed by atoms with Gasteiger partial charge < -0.3 is 16.0 Å². The van der Waals surface area contributed by atoms with Gasteiger partial charge in [-0.3, -0.25) is 4.79 Å². The van der Waals surface area contributed by atoms with Crippen LogP contribution in [0.2, 0.25) is 5.02 Å². The molecule has 32 heavy (non-hydrogen) atoms. The molecule has 2 aromatic carbocycles. The van der Waals surface area contributed by atoms with E-state index in [0.29, 0.717) is 5.02 Å². The molecule has 7 nitrogen and oxygen atoms in total. The third kappa shape index (κ3) is 5.35. The number of alkyl halides is 3. The average molecular weight is 470 g/mol. The van der Waals surface area contributed by atoms with Gasteiger partial charge in [0.05, 0.1) is 23.5 Å². The highest BCUT2D eigenvalue weighted by Gasteiger charge is 2.35. The maximum atomic E-state index is 14.0. The number of hydrogen-bond acceptors (Lipinski definition) is 3. The third-order valence-corrected chi connectivity index (χ3v) is 4.49. The second kappa shape index (κ2) is 9.27. The van der Waals surface area contributed by atoms with Crippen molar-refractivity contribution in [3.8, 4) is 5.69 Å². The Bertz CT molecular complexity index is 1160. The van der Waals surface area contributed by atoms with Crippen molar-refractivity contribution in [2.75, 3.05) is 12.4 Å². The standard InChI is InChI=1S/C20H16ClF4N5O2/c1-26-18(31)15-6-5-12(8-16(15)22)28-19(32)27-10-14-9-17(20(23,24)25)29-30(14)13-4-2-3-11(21)7-13/h2-9H,10H2,1H3,(H,26,31)(H2,27,28,32). The molecule has 1 aromatic heterocycles. The van der Waals surface area contributed by atoms with Crippen LogP contribution in [-0.4, -0.2) is 28.8 Å². The molecule has 0 unspecified atom stereocenters. The minimum atomic E-state index is -4.69. The minimum absolute atomic E-state index is 0.0379. The summed E-state index contributed by atoms with van der Waals surface area (Å²) in [5.41, 5.74) is -0.981. The van der Waals surface area contributed by atoms with Gasteiger partial charge in [-0.2, -0.15) is 18.3 Å². The zero-order valence-electron chi connectivity index (χ0n) is 16.4. The Morgan fingerprint density at radius 2 is 1.88 bits per heavy atom. The summed E-state index contributed by atoms with van der Waals surface area (Å²) in [5.74, 6) is -1.48. The number of nitrogens with zero attached hydrogens (tertiary/aromatic N) is 2. The summed E-state index contributed by atoms with van der Waals surface area (Å²) in [5, 5.41) is 10.9. The summed E-state index contributed by atoms with van der Waals surface area (Å²) in [6.07, 6.45) is -4.69. The summed E-state index contributed by atoms with van der Waals surface area (Å²) in [4.78, 5) is 23.7. The second-order valence-electron chi connectivity index (χ2n) is 6.49. The number of hydrogen-bond donors (Lipinski definition) is 3. The first-order valence-corrected chi connectivity index (χ1v) is 9.45. The van der Waals surface area contributed by atoms with Crippen LogP contribution in [0.1, 0.15) is 21.7 Å². The fraction of sp³-hybridized carbons (Fsp3) is 0.150. The first-order valence-electron chi connectivity index (χ1n) is 9.07. The first kappa shape index (κ1) is 23.1. The predicted molar refractivity (Wildman–Crippen MR) is 109 cm³/mol. The smallest absolute Gasteiger partial charge is 0.355 e. The number of rotatable bonds is 5. The van der Waals surface area contributed by atoms with Crippen LogP contribution >= 0.6 is 11.6 Å². The Morgan fingerprint density at radius 1 is 1.12 bits per heavy atom. The van der Waals surface area contributed by atoms with Crippen LogP contribution < -0.4 is 16.0 Å². The van der Waals surface area contributed by atoms with Crippen molar-refractivity contribution in [1.82, 2.24) is 20.4 Å². The highest BCUT2D eigenvalue weighted by atomic mass is 35.5. The highest BCUT2D eigenvalue weighted by Crippen LogP contribution is 2.30. The number of amides is 3. The molecule has 1 heterocycles. The van der Waals surface area contributed by atoms with Gasteiger partial charge in [0.2, 0.25) is 0 Å². The number of anilines is 1. The Labute approximate surface area is 184 Å². The van der Waals surface area contributed by atoms with Gasteiger partial charge in [0.1, 0.15) is 5.82 Å². The molecular weight excluding hydrogens is 454 g/mol. The molecule has 0 fully saturated rings. The van der Waals surface area contributed by atoms with Gasteiger partial charge in [0, 0.05) is 17.8 Å². The number of carbonyl (C=O) groups excluding carboxylic acids is 2. The normalized spacial score (nSPS) is 11.2. The van der Waals surface area contributed by atoms with E-state index in [1.807, 2.05) is 0 Å². The molecule has 0 saturated carbocycles. The molecule has 3 N–H and O–H groups in total. The van der Waals surface area contributed by atoms with Gasteiger partial charge in [-0.1, -0.05) is 17.7 Å². The quantitative estimate of drug-likeness (QED) is 0.485. The van der Waals surface area contributed by atoms with Gasteiger partial charge in [0.25, 0.3) is 5.91 Å². The molecule has 0 aliphatic rings. The lowest BCUT2D eigenvalue weighted by Crippen LogP contribution is -2.29. The molecule has 0 bridgehead atoms. The van der Waals surface area contributed by atoms with Crippen molar-refractivity contribution in [1.29, 1.82) is 0 Å². The molecule has 0 saturated heterocycles. The minimum Gasteiger partial charge on any atom is -0.355 e. The summed E-state index contributed by atoms with van der Waals surface area (Å²) in [6.45, 7) is -0.319. The van der Waals surface area contributed by atoms with E-state index in [4.69, 9.17) is 11.6 Å². The number of benzene rings is 2. The van der Waals surface area contributed by atoms with Crippen LogP contribution in [0.15, 0.2) is 48.5 Å². The van der Waals surface area contributed by atoms with E-state index in [1.165, 1.54) is 31.3 Å². The Balaban J connectivity index is 1.76. The van der Waals surface area contributed by atoms with Crippen LogP contribution in [0.4, 0.5) is 28.0 Å². The maximum Gasteiger partial charge on any atom is 0.435 e. The lowest BCUT2D eigenvalue weighted by Gasteiger charge is -2.11. The van der Waals surface area contributed by atoms with E-state index in [9.17, 15) is 27.2 Å². The molecule has 0 atom stereocenters. The van der Waals surface area contributed by atoms with E-state index < -0.39 is 29.6 Å². The van der Waals surface area contributed by atoms with Gasteiger partial charge in [0.15, 0.2) is 5.69 Å². The molecule has 0 spiro atoms. The third-order valence-electron chi connectivity index (χ3n) is 4.26. The van der Waals surface area contributed by atoms with Crippen molar-refractivity contribution < 1.29 is 27.2 Å². The van der Waals surface area contributed by atoms with Crippen molar-refractivity contribution in [2.45, 2.75) is 12.7 Å².